The number of phenols is 1. The molecule has 0 aliphatic rings. The fraction of sp³-hybridized carbons (Fsp3) is 0. The first-order valence-electron chi connectivity index (χ1n) is 3.06. The van der Waals surface area contributed by atoms with E-state index in [1.165, 1.54) is 18.2 Å². The SMILES string of the molecule is Nc1cc(B(O)O)ccc1O. The van der Waals surface area contributed by atoms with Crippen LogP contribution in [-0.2, 0) is 0 Å². The highest BCUT2D eigenvalue weighted by Gasteiger charge is 2.11. The van der Waals surface area contributed by atoms with Gasteiger partial charge in [-0.05, 0) is 17.6 Å². The monoisotopic (exact) mass is 153 g/mol. The van der Waals surface area contributed by atoms with Crippen molar-refractivity contribution < 1.29 is 15.2 Å². The number of hydrogen-bond donors (Lipinski definition) is 4. The van der Waals surface area contributed by atoms with Gasteiger partial charge < -0.3 is 20.9 Å². The molecule has 0 heterocycles. The van der Waals surface area contributed by atoms with Crippen molar-refractivity contribution in [2.75, 3.05) is 5.73 Å². The number of benzene rings is 1. The molecule has 0 atom stereocenters. The molecular formula is C6H8BNO3. The van der Waals surface area contributed by atoms with Crippen LogP contribution in [0.2, 0.25) is 0 Å². The minimum atomic E-state index is -1.54. The van der Waals surface area contributed by atoms with Crippen molar-refractivity contribution in [2.45, 2.75) is 0 Å². The Balaban J connectivity index is 3.05. The van der Waals surface area contributed by atoms with Crippen molar-refractivity contribution in [2.24, 2.45) is 0 Å². The van der Waals surface area contributed by atoms with Gasteiger partial charge in [0.2, 0.25) is 0 Å². The summed E-state index contributed by atoms with van der Waals surface area (Å²) in [5.74, 6) is -0.0607. The molecular weight excluding hydrogens is 145 g/mol. The average molecular weight is 153 g/mol. The zero-order valence-corrected chi connectivity index (χ0v) is 5.73. The van der Waals surface area contributed by atoms with Gasteiger partial charge in [0.15, 0.2) is 0 Å². The summed E-state index contributed by atoms with van der Waals surface area (Å²) in [6.45, 7) is 0. The summed E-state index contributed by atoms with van der Waals surface area (Å²) in [5, 5.41) is 26.3. The van der Waals surface area contributed by atoms with Crippen LogP contribution in [0.1, 0.15) is 0 Å². The standard InChI is InChI=1S/C6H8BNO3/c8-5-3-4(7(10)11)1-2-6(5)9/h1-3,9-11H,8H2. The van der Waals surface area contributed by atoms with Gasteiger partial charge in [0.25, 0.3) is 0 Å². The molecule has 0 aliphatic heterocycles. The quantitative estimate of drug-likeness (QED) is 0.228. The molecule has 58 valence electrons. The molecule has 5 heteroatoms. The Morgan fingerprint density at radius 3 is 2.36 bits per heavy atom. The van der Waals surface area contributed by atoms with Gasteiger partial charge in [-0.15, -0.1) is 0 Å². The Kier molecular flexibility index (Phi) is 2.02. The predicted octanol–water partition coefficient (Wildman–Crippen LogP) is -1.35. The molecule has 0 aliphatic carbocycles. The highest BCUT2D eigenvalue weighted by Crippen LogP contribution is 2.15. The van der Waals surface area contributed by atoms with Crippen LogP contribution in [0, 0.1) is 0 Å². The number of anilines is 1. The molecule has 0 amide bonds. The van der Waals surface area contributed by atoms with Crippen molar-refractivity contribution in [1.82, 2.24) is 0 Å². The largest absolute Gasteiger partial charge is 0.506 e. The maximum absolute atomic E-state index is 8.94. The van der Waals surface area contributed by atoms with Crippen molar-refractivity contribution in [3.8, 4) is 5.75 Å². The van der Waals surface area contributed by atoms with E-state index < -0.39 is 7.12 Å². The highest BCUT2D eigenvalue weighted by molar-refractivity contribution is 6.58. The summed E-state index contributed by atoms with van der Waals surface area (Å²) in [5.41, 5.74) is 5.69. The Morgan fingerprint density at radius 1 is 1.27 bits per heavy atom. The van der Waals surface area contributed by atoms with E-state index in [1.54, 1.807) is 0 Å². The highest BCUT2D eigenvalue weighted by atomic mass is 16.4. The maximum Gasteiger partial charge on any atom is 0.488 e. The third-order valence-electron chi connectivity index (χ3n) is 1.35. The zero-order valence-electron chi connectivity index (χ0n) is 5.73. The molecule has 0 saturated heterocycles. The average Bonchev–Trinajstić information content (AvgIpc) is 1.94. The van der Waals surface area contributed by atoms with Crippen LogP contribution >= 0.6 is 0 Å². The first kappa shape index (κ1) is 7.91. The lowest BCUT2D eigenvalue weighted by Crippen LogP contribution is -2.29. The van der Waals surface area contributed by atoms with Crippen LogP contribution in [0.3, 0.4) is 0 Å². The van der Waals surface area contributed by atoms with Gasteiger partial charge in [-0.25, -0.2) is 0 Å². The van der Waals surface area contributed by atoms with Gasteiger partial charge >= 0.3 is 7.12 Å². The van der Waals surface area contributed by atoms with Crippen LogP contribution in [0.4, 0.5) is 5.69 Å². The lowest BCUT2D eigenvalue weighted by Gasteiger charge is -2.01. The molecule has 0 unspecified atom stereocenters. The lowest BCUT2D eigenvalue weighted by molar-refractivity contribution is 0.425. The number of hydrogen-bond acceptors (Lipinski definition) is 4. The molecule has 0 saturated carbocycles. The van der Waals surface area contributed by atoms with E-state index in [-0.39, 0.29) is 16.9 Å². The van der Waals surface area contributed by atoms with Crippen molar-refractivity contribution >= 4 is 18.3 Å². The van der Waals surface area contributed by atoms with Crippen LogP contribution < -0.4 is 11.2 Å². The Bertz CT molecular complexity index is 264. The minimum absolute atomic E-state index is 0.0607. The van der Waals surface area contributed by atoms with Crippen molar-refractivity contribution in [1.29, 1.82) is 0 Å². The second kappa shape index (κ2) is 2.81. The van der Waals surface area contributed by atoms with E-state index >= 15 is 0 Å². The van der Waals surface area contributed by atoms with E-state index in [0.717, 1.165) is 0 Å². The van der Waals surface area contributed by atoms with Crippen LogP contribution in [0.25, 0.3) is 0 Å². The van der Waals surface area contributed by atoms with E-state index in [2.05, 4.69) is 0 Å². The summed E-state index contributed by atoms with van der Waals surface area (Å²) in [4.78, 5) is 0. The van der Waals surface area contributed by atoms with Gasteiger partial charge in [-0.3, -0.25) is 0 Å². The summed E-state index contributed by atoms with van der Waals surface area (Å²) in [6.07, 6.45) is 0. The minimum Gasteiger partial charge on any atom is -0.506 e. The number of nitrogen functional groups attached to an aromatic ring is 1. The van der Waals surface area contributed by atoms with Crippen LogP contribution in [0.15, 0.2) is 18.2 Å². The van der Waals surface area contributed by atoms with E-state index in [4.69, 9.17) is 20.9 Å². The molecule has 4 nitrogen and oxygen atoms in total. The summed E-state index contributed by atoms with van der Waals surface area (Å²) in [7, 11) is -1.54. The van der Waals surface area contributed by atoms with E-state index in [9.17, 15) is 0 Å². The Labute approximate surface area is 64.0 Å². The number of rotatable bonds is 1. The fourth-order valence-electron chi connectivity index (χ4n) is 0.734. The second-order valence-electron chi connectivity index (χ2n) is 2.19. The normalized spacial score (nSPS) is 9.64. The smallest absolute Gasteiger partial charge is 0.488 e. The van der Waals surface area contributed by atoms with Crippen LogP contribution in [0.5, 0.6) is 5.75 Å². The van der Waals surface area contributed by atoms with Crippen LogP contribution in [-0.4, -0.2) is 22.3 Å². The summed E-state index contributed by atoms with van der Waals surface area (Å²) < 4.78 is 0. The van der Waals surface area contributed by atoms with Crippen molar-refractivity contribution in [3.05, 3.63) is 18.2 Å². The van der Waals surface area contributed by atoms with Gasteiger partial charge in [0.1, 0.15) is 5.75 Å². The Hall–Kier alpha value is -1.20. The molecule has 0 bridgehead atoms. The lowest BCUT2D eigenvalue weighted by atomic mass is 9.80. The maximum atomic E-state index is 8.94. The molecule has 0 radical (unpaired) electrons. The van der Waals surface area contributed by atoms with E-state index in [0.29, 0.717) is 0 Å². The van der Waals surface area contributed by atoms with Gasteiger partial charge in [0, 0.05) is 0 Å². The number of nitrogens with two attached hydrogens (primary N) is 1. The first-order chi connectivity index (χ1) is 5.11. The van der Waals surface area contributed by atoms with Gasteiger partial charge in [-0.2, -0.15) is 0 Å². The number of aromatic hydroxyl groups is 1. The van der Waals surface area contributed by atoms with Crippen molar-refractivity contribution in [3.63, 3.8) is 0 Å². The molecule has 5 N–H and O–H groups in total. The fourth-order valence-corrected chi connectivity index (χ4v) is 0.734. The molecule has 1 aromatic carbocycles. The third-order valence-corrected chi connectivity index (χ3v) is 1.35. The molecule has 0 spiro atoms. The zero-order chi connectivity index (χ0) is 8.43. The summed E-state index contributed by atoms with van der Waals surface area (Å²) in [6, 6.07) is 4.00. The molecule has 1 rings (SSSR count). The molecule has 0 aromatic heterocycles. The summed E-state index contributed by atoms with van der Waals surface area (Å²) >= 11 is 0. The van der Waals surface area contributed by atoms with Gasteiger partial charge in [-0.1, -0.05) is 6.07 Å². The first-order valence-corrected chi connectivity index (χ1v) is 3.06. The third kappa shape index (κ3) is 1.63. The molecule has 1 aromatic rings. The van der Waals surface area contributed by atoms with E-state index in [1.807, 2.05) is 0 Å². The molecule has 0 fully saturated rings. The second-order valence-corrected chi connectivity index (χ2v) is 2.19. The van der Waals surface area contributed by atoms with Gasteiger partial charge in [0.05, 0.1) is 5.69 Å². The topological polar surface area (TPSA) is 86.7 Å². The Morgan fingerprint density at radius 2 is 1.91 bits per heavy atom. The predicted molar refractivity (Wildman–Crippen MR) is 42.3 cm³/mol. The number of phenolic OH excluding ortho intramolecular Hbond substituents is 1. The molecule has 11 heavy (non-hydrogen) atoms.